The van der Waals surface area contributed by atoms with Crippen LogP contribution < -0.4 is 0 Å². The van der Waals surface area contributed by atoms with E-state index in [1.165, 1.54) is 0 Å². The highest BCUT2D eigenvalue weighted by Crippen LogP contribution is 2.29. The van der Waals surface area contributed by atoms with E-state index in [4.69, 9.17) is 23.2 Å². The predicted molar refractivity (Wildman–Crippen MR) is 83.7 cm³/mol. The SMILES string of the molecule is C=C(C)CC1C(=O)N(C(=O)c2c(Cl)cccc2Cl)N=C1C. The highest BCUT2D eigenvalue weighted by Gasteiger charge is 2.38. The minimum Gasteiger partial charge on any atom is -0.272 e. The Labute approximate surface area is 133 Å². The first kappa shape index (κ1) is 15.7. The van der Waals surface area contributed by atoms with Gasteiger partial charge in [0.25, 0.3) is 11.8 Å². The molecule has 1 aromatic carbocycles. The Morgan fingerprint density at radius 3 is 2.48 bits per heavy atom. The summed E-state index contributed by atoms with van der Waals surface area (Å²) in [6.07, 6.45) is 0.466. The molecule has 0 saturated heterocycles. The highest BCUT2D eigenvalue weighted by atomic mass is 35.5. The maximum atomic E-state index is 12.5. The second kappa shape index (κ2) is 6.00. The topological polar surface area (TPSA) is 49.7 Å². The van der Waals surface area contributed by atoms with Gasteiger partial charge in [0.1, 0.15) is 0 Å². The Hall–Kier alpha value is -1.65. The predicted octanol–water partition coefficient (Wildman–Crippen LogP) is 3.93. The van der Waals surface area contributed by atoms with Gasteiger partial charge in [-0.1, -0.05) is 34.8 Å². The molecule has 0 N–H and O–H groups in total. The van der Waals surface area contributed by atoms with E-state index < -0.39 is 11.8 Å². The molecule has 2 amide bonds. The van der Waals surface area contributed by atoms with E-state index in [1.807, 2.05) is 6.92 Å². The molecule has 4 nitrogen and oxygen atoms in total. The standard InChI is InChI=1S/C15H14Cl2N2O2/c1-8(2)7-10-9(3)18-19(14(10)20)15(21)13-11(16)5-4-6-12(13)17/h4-6,10H,1,7H2,2-3H3. The molecule has 1 aliphatic rings. The average molecular weight is 325 g/mol. The lowest BCUT2D eigenvalue weighted by Crippen LogP contribution is -2.33. The van der Waals surface area contributed by atoms with Crippen LogP contribution in [0.4, 0.5) is 0 Å². The summed E-state index contributed by atoms with van der Waals surface area (Å²) in [6, 6.07) is 4.72. The number of carbonyl (C=O) groups excluding carboxylic acids is 2. The molecule has 0 spiro atoms. The minimum absolute atomic E-state index is 0.0849. The Morgan fingerprint density at radius 2 is 1.95 bits per heavy atom. The van der Waals surface area contributed by atoms with E-state index >= 15 is 0 Å². The lowest BCUT2D eigenvalue weighted by molar-refractivity contribution is -0.129. The van der Waals surface area contributed by atoms with E-state index in [2.05, 4.69) is 11.7 Å². The van der Waals surface area contributed by atoms with Crippen LogP contribution in [0.15, 0.2) is 35.5 Å². The average Bonchev–Trinajstić information content (AvgIpc) is 2.66. The van der Waals surface area contributed by atoms with Crippen LogP contribution in [0, 0.1) is 5.92 Å². The fourth-order valence-electron chi connectivity index (χ4n) is 2.14. The summed E-state index contributed by atoms with van der Waals surface area (Å²) >= 11 is 12.0. The van der Waals surface area contributed by atoms with Gasteiger partial charge in [-0.2, -0.15) is 10.1 Å². The Morgan fingerprint density at radius 1 is 1.38 bits per heavy atom. The van der Waals surface area contributed by atoms with Gasteiger partial charge in [-0.05, 0) is 32.4 Å². The van der Waals surface area contributed by atoms with E-state index in [-0.39, 0.29) is 21.5 Å². The number of imide groups is 1. The third-order valence-electron chi connectivity index (χ3n) is 3.19. The summed E-state index contributed by atoms with van der Waals surface area (Å²) in [4.78, 5) is 24.8. The first-order chi connectivity index (χ1) is 9.82. The number of nitrogens with zero attached hydrogens (tertiary/aromatic N) is 2. The molecule has 1 aliphatic heterocycles. The molecular formula is C15H14Cl2N2O2. The second-order valence-electron chi connectivity index (χ2n) is 5.01. The van der Waals surface area contributed by atoms with E-state index in [0.29, 0.717) is 12.1 Å². The largest absolute Gasteiger partial charge is 0.284 e. The van der Waals surface area contributed by atoms with Gasteiger partial charge in [0.05, 0.1) is 21.5 Å². The normalized spacial score (nSPS) is 17.9. The van der Waals surface area contributed by atoms with E-state index in [9.17, 15) is 9.59 Å². The third kappa shape index (κ3) is 3.01. The van der Waals surface area contributed by atoms with Gasteiger partial charge >= 0.3 is 0 Å². The summed E-state index contributed by atoms with van der Waals surface area (Å²) < 4.78 is 0. The van der Waals surface area contributed by atoms with Crippen molar-refractivity contribution >= 4 is 40.7 Å². The molecule has 2 rings (SSSR count). The number of allylic oxidation sites excluding steroid dienone is 1. The van der Waals surface area contributed by atoms with Crippen LogP contribution in [0.25, 0.3) is 0 Å². The number of amides is 2. The van der Waals surface area contributed by atoms with Crippen molar-refractivity contribution in [2.24, 2.45) is 11.0 Å². The molecule has 0 fully saturated rings. The monoisotopic (exact) mass is 324 g/mol. The molecule has 1 atom stereocenters. The van der Waals surface area contributed by atoms with Crippen LogP contribution in [0.5, 0.6) is 0 Å². The molecule has 0 aromatic heterocycles. The van der Waals surface area contributed by atoms with Gasteiger partial charge < -0.3 is 0 Å². The Kier molecular flexibility index (Phi) is 4.49. The maximum Gasteiger partial charge on any atom is 0.284 e. The van der Waals surface area contributed by atoms with Crippen molar-refractivity contribution in [1.29, 1.82) is 0 Å². The fourth-order valence-corrected chi connectivity index (χ4v) is 2.70. The van der Waals surface area contributed by atoms with Gasteiger partial charge in [-0.25, -0.2) is 0 Å². The number of hydrazone groups is 1. The fraction of sp³-hybridized carbons (Fsp3) is 0.267. The van der Waals surface area contributed by atoms with Gasteiger partial charge in [0, 0.05) is 5.71 Å². The van der Waals surface area contributed by atoms with E-state index in [1.54, 1.807) is 25.1 Å². The van der Waals surface area contributed by atoms with Crippen molar-refractivity contribution in [3.05, 3.63) is 46.0 Å². The van der Waals surface area contributed by atoms with Crippen LogP contribution >= 0.6 is 23.2 Å². The van der Waals surface area contributed by atoms with Crippen molar-refractivity contribution < 1.29 is 9.59 Å². The second-order valence-corrected chi connectivity index (χ2v) is 5.82. The van der Waals surface area contributed by atoms with Crippen LogP contribution in [-0.4, -0.2) is 22.5 Å². The van der Waals surface area contributed by atoms with Gasteiger partial charge in [-0.15, -0.1) is 6.58 Å². The van der Waals surface area contributed by atoms with Crippen molar-refractivity contribution in [1.82, 2.24) is 5.01 Å². The van der Waals surface area contributed by atoms with Crippen molar-refractivity contribution in [3.8, 4) is 0 Å². The zero-order valence-corrected chi connectivity index (χ0v) is 13.2. The lowest BCUT2D eigenvalue weighted by atomic mass is 9.97. The zero-order chi connectivity index (χ0) is 15.7. The van der Waals surface area contributed by atoms with Crippen LogP contribution in [0.3, 0.4) is 0 Å². The van der Waals surface area contributed by atoms with Crippen molar-refractivity contribution in [2.75, 3.05) is 0 Å². The van der Waals surface area contributed by atoms with Crippen molar-refractivity contribution in [3.63, 3.8) is 0 Å². The summed E-state index contributed by atoms with van der Waals surface area (Å²) in [5.41, 5.74) is 1.52. The molecule has 21 heavy (non-hydrogen) atoms. The quantitative estimate of drug-likeness (QED) is 0.624. The van der Waals surface area contributed by atoms with E-state index in [0.717, 1.165) is 10.6 Å². The Balaban J connectivity index is 2.34. The molecule has 1 unspecified atom stereocenters. The molecular weight excluding hydrogens is 311 g/mol. The van der Waals surface area contributed by atoms with Gasteiger partial charge in [0.15, 0.2) is 0 Å². The molecule has 6 heteroatoms. The summed E-state index contributed by atoms with van der Waals surface area (Å²) in [5.74, 6) is -1.44. The maximum absolute atomic E-state index is 12.5. The van der Waals surface area contributed by atoms with Crippen LogP contribution in [-0.2, 0) is 4.79 Å². The first-order valence-electron chi connectivity index (χ1n) is 6.34. The number of rotatable bonds is 3. The number of hydrogen-bond acceptors (Lipinski definition) is 3. The number of carbonyl (C=O) groups is 2. The number of benzene rings is 1. The molecule has 1 heterocycles. The lowest BCUT2D eigenvalue weighted by Gasteiger charge is -2.14. The minimum atomic E-state index is -0.612. The molecule has 1 aromatic rings. The van der Waals surface area contributed by atoms with Gasteiger partial charge in [-0.3, -0.25) is 9.59 Å². The molecule has 110 valence electrons. The smallest absolute Gasteiger partial charge is 0.272 e. The summed E-state index contributed by atoms with van der Waals surface area (Å²) in [6.45, 7) is 7.34. The molecule has 0 radical (unpaired) electrons. The van der Waals surface area contributed by atoms with Crippen molar-refractivity contribution in [2.45, 2.75) is 20.3 Å². The first-order valence-corrected chi connectivity index (χ1v) is 7.10. The summed E-state index contributed by atoms with van der Waals surface area (Å²) in [5, 5.41) is 5.28. The Bertz CT molecular complexity index is 647. The van der Waals surface area contributed by atoms with Crippen LogP contribution in [0.1, 0.15) is 30.6 Å². The number of hydrogen-bond donors (Lipinski definition) is 0. The highest BCUT2D eigenvalue weighted by molar-refractivity contribution is 6.40. The summed E-state index contributed by atoms with van der Waals surface area (Å²) in [7, 11) is 0. The van der Waals surface area contributed by atoms with Gasteiger partial charge in [0.2, 0.25) is 0 Å². The zero-order valence-electron chi connectivity index (χ0n) is 11.7. The molecule has 0 bridgehead atoms. The van der Waals surface area contributed by atoms with Crippen LogP contribution in [0.2, 0.25) is 10.0 Å². The number of halogens is 2. The molecule has 0 saturated carbocycles. The third-order valence-corrected chi connectivity index (χ3v) is 3.82. The molecule has 0 aliphatic carbocycles.